The first kappa shape index (κ1) is 28.0. The van der Waals surface area contributed by atoms with Crippen molar-refractivity contribution in [3.63, 3.8) is 0 Å². The highest BCUT2D eigenvalue weighted by molar-refractivity contribution is 7.89. The molecule has 1 aliphatic heterocycles. The Balaban J connectivity index is 1.71. The number of nitrogens with zero attached hydrogens (tertiary/aromatic N) is 3. The number of hydrogen-bond acceptors (Lipinski definition) is 7. The van der Waals surface area contributed by atoms with E-state index in [1.807, 2.05) is 6.92 Å². The molecule has 1 amide bonds. The molecule has 0 spiro atoms. The summed E-state index contributed by atoms with van der Waals surface area (Å²) in [4.78, 5) is 18.5. The predicted octanol–water partition coefficient (Wildman–Crippen LogP) is 2.28. The molecule has 0 radical (unpaired) electrons. The van der Waals surface area contributed by atoms with Crippen molar-refractivity contribution in [2.45, 2.75) is 62.2 Å². The summed E-state index contributed by atoms with van der Waals surface area (Å²) < 4.78 is 35.0. The average molecular weight is 542 g/mol. The second-order valence-corrected chi connectivity index (χ2v) is 12.2. The van der Waals surface area contributed by atoms with Crippen molar-refractivity contribution < 1.29 is 28.2 Å². The Morgan fingerprint density at radius 2 is 1.95 bits per heavy atom. The summed E-state index contributed by atoms with van der Waals surface area (Å²) in [6.07, 6.45) is 5.62. The number of sulfonamides is 1. The van der Waals surface area contributed by atoms with Crippen LogP contribution in [0.15, 0.2) is 47.6 Å². The maximum Gasteiger partial charge on any atom is 0.253 e. The SMILES string of the molecule is C[C@H]1CN([C@@H](C)CO)S(=O)(=O)c2ccc(C#CC3(O)CCCC3)cc2O[C@H]1CN(C)C(=O)c1ccncc1. The number of ether oxygens (including phenoxy) is 1. The normalized spacial score (nSPS) is 23.1. The van der Waals surface area contributed by atoms with E-state index >= 15 is 0 Å². The van der Waals surface area contributed by atoms with Crippen LogP contribution in [0.5, 0.6) is 5.75 Å². The molecule has 38 heavy (non-hydrogen) atoms. The number of aliphatic hydroxyl groups excluding tert-OH is 1. The Labute approximate surface area is 224 Å². The van der Waals surface area contributed by atoms with Gasteiger partial charge >= 0.3 is 0 Å². The van der Waals surface area contributed by atoms with Gasteiger partial charge in [-0.15, -0.1) is 0 Å². The van der Waals surface area contributed by atoms with Crippen LogP contribution >= 0.6 is 0 Å². The monoisotopic (exact) mass is 541 g/mol. The van der Waals surface area contributed by atoms with Gasteiger partial charge in [-0.25, -0.2) is 8.42 Å². The number of pyridine rings is 1. The molecular weight excluding hydrogens is 506 g/mol. The van der Waals surface area contributed by atoms with Crippen LogP contribution in [-0.4, -0.2) is 83.2 Å². The molecule has 204 valence electrons. The molecule has 0 unspecified atom stereocenters. The van der Waals surface area contributed by atoms with Crippen LogP contribution in [0.4, 0.5) is 0 Å². The van der Waals surface area contributed by atoms with Gasteiger partial charge in [-0.2, -0.15) is 4.31 Å². The number of carbonyl (C=O) groups is 1. The second kappa shape index (κ2) is 11.4. The summed E-state index contributed by atoms with van der Waals surface area (Å²) in [5, 5.41) is 20.5. The van der Waals surface area contributed by atoms with E-state index in [0.29, 0.717) is 24.0 Å². The molecule has 3 atom stereocenters. The summed E-state index contributed by atoms with van der Waals surface area (Å²) in [6, 6.07) is 7.26. The van der Waals surface area contributed by atoms with E-state index in [9.17, 15) is 23.4 Å². The van der Waals surface area contributed by atoms with E-state index in [4.69, 9.17) is 4.74 Å². The highest BCUT2D eigenvalue weighted by atomic mass is 32.2. The zero-order chi connectivity index (χ0) is 27.5. The molecule has 2 heterocycles. The Kier molecular flexibility index (Phi) is 8.43. The molecule has 2 N–H and O–H groups in total. The molecule has 0 saturated heterocycles. The summed E-state index contributed by atoms with van der Waals surface area (Å²) in [5.74, 6) is 5.56. The average Bonchev–Trinajstić information content (AvgIpc) is 3.35. The van der Waals surface area contributed by atoms with Gasteiger partial charge in [-0.3, -0.25) is 9.78 Å². The third kappa shape index (κ3) is 6.02. The molecule has 4 rings (SSSR count). The second-order valence-electron chi connectivity index (χ2n) is 10.3. The van der Waals surface area contributed by atoms with Gasteiger partial charge in [0.2, 0.25) is 10.0 Å². The third-order valence-corrected chi connectivity index (χ3v) is 9.28. The van der Waals surface area contributed by atoms with Crippen LogP contribution in [0, 0.1) is 17.8 Å². The van der Waals surface area contributed by atoms with E-state index in [1.165, 1.54) is 10.4 Å². The summed E-state index contributed by atoms with van der Waals surface area (Å²) in [6.45, 7) is 3.50. The van der Waals surface area contributed by atoms with Crippen molar-refractivity contribution in [3.05, 3.63) is 53.9 Å². The molecule has 9 nitrogen and oxygen atoms in total. The van der Waals surface area contributed by atoms with E-state index in [2.05, 4.69) is 16.8 Å². The number of benzene rings is 1. The molecule has 1 aromatic heterocycles. The Bertz CT molecular complexity index is 1320. The number of aliphatic hydroxyl groups is 2. The fourth-order valence-electron chi connectivity index (χ4n) is 4.86. The number of rotatable bonds is 5. The van der Waals surface area contributed by atoms with Gasteiger partial charge in [0, 0.05) is 49.1 Å². The van der Waals surface area contributed by atoms with Gasteiger partial charge in [0.25, 0.3) is 5.91 Å². The first-order valence-electron chi connectivity index (χ1n) is 12.9. The van der Waals surface area contributed by atoms with Crippen LogP contribution in [0.2, 0.25) is 0 Å². The highest BCUT2D eigenvalue weighted by Crippen LogP contribution is 2.34. The van der Waals surface area contributed by atoms with E-state index in [-0.39, 0.29) is 42.2 Å². The minimum Gasteiger partial charge on any atom is -0.487 e. The molecule has 2 aromatic rings. The van der Waals surface area contributed by atoms with Gasteiger partial charge in [0.05, 0.1) is 13.2 Å². The number of hydrogen-bond donors (Lipinski definition) is 2. The molecule has 1 saturated carbocycles. The quantitative estimate of drug-likeness (QED) is 0.557. The van der Waals surface area contributed by atoms with Crippen molar-refractivity contribution in [1.82, 2.24) is 14.2 Å². The number of likely N-dealkylation sites (N-methyl/N-ethyl adjacent to an activating group) is 1. The van der Waals surface area contributed by atoms with Gasteiger partial charge in [0.15, 0.2) is 0 Å². The lowest BCUT2D eigenvalue weighted by Gasteiger charge is -2.37. The van der Waals surface area contributed by atoms with E-state index < -0.39 is 27.8 Å². The van der Waals surface area contributed by atoms with Gasteiger partial charge in [-0.05, 0) is 62.9 Å². The minimum atomic E-state index is -3.99. The fourth-order valence-corrected chi connectivity index (χ4v) is 6.69. The predicted molar refractivity (Wildman–Crippen MR) is 142 cm³/mol. The minimum absolute atomic E-state index is 0.0251. The summed E-state index contributed by atoms with van der Waals surface area (Å²) in [7, 11) is -2.32. The molecule has 1 aliphatic carbocycles. The largest absolute Gasteiger partial charge is 0.487 e. The van der Waals surface area contributed by atoms with Crippen molar-refractivity contribution >= 4 is 15.9 Å². The highest BCUT2D eigenvalue weighted by Gasteiger charge is 2.38. The summed E-state index contributed by atoms with van der Waals surface area (Å²) >= 11 is 0. The van der Waals surface area contributed by atoms with Crippen molar-refractivity contribution in [3.8, 4) is 17.6 Å². The molecule has 1 fully saturated rings. The lowest BCUT2D eigenvalue weighted by atomic mass is 10.0. The van der Waals surface area contributed by atoms with E-state index in [0.717, 1.165) is 12.8 Å². The molecule has 0 bridgehead atoms. The van der Waals surface area contributed by atoms with Crippen LogP contribution < -0.4 is 4.74 Å². The maximum atomic E-state index is 13.7. The summed E-state index contributed by atoms with van der Waals surface area (Å²) in [5.41, 5.74) is -0.0198. The fraction of sp³-hybridized carbons (Fsp3) is 0.500. The maximum absolute atomic E-state index is 13.7. The van der Waals surface area contributed by atoms with Gasteiger partial charge in [0.1, 0.15) is 22.4 Å². The van der Waals surface area contributed by atoms with Crippen LogP contribution in [-0.2, 0) is 10.0 Å². The lowest BCUT2D eigenvalue weighted by molar-refractivity contribution is 0.0563. The smallest absolute Gasteiger partial charge is 0.253 e. The van der Waals surface area contributed by atoms with Crippen molar-refractivity contribution in [1.29, 1.82) is 0 Å². The standard InChI is InChI=1S/C28H35N3O6S/c1-20-17-31(21(2)19-32)38(35,36)26-7-6-22(8-13-28(34)11-4-5-12-28)16-24(26)37-25(20)18-30(3)27(33)23-9-14-29-15-10-23/h6-7,9-10,14-16,20-21,25,32,34H,4-5,11-12,17-19H2,1-3H3/t20-,21-,25-/m0/s1. The van der Waals surface area contributed by atoms with Gasteiger partial charge < -0.3 is 19.8 Å². The van der Waals surface area contributed by atoms with Gasteiger partial charge in [-0.1, -0.05) is 18.8 Å². The Morgan fingerprint density at radius 3 is 2.61 bits per heavy atom. The Morgan fingerprint density at radius 1 is 1.26 bits per heavy atom. The zero-order valence-electron chi connectivity index (χ0n) is 22.0. The van der Waals surface area contributed by atoms with Crippen LogP contribution in [0.1, 0.15) is 55.5 Å². The Hall–Kier alpha value is -2.97. The number of aromatic nitrogens is 1. The molecule has 1 aromatic carbocycles. The number of fused-ring (bicyclic) bond motifs is 1. The molecular formula is C28H35N3O6S. The first-order chi connectivity index (χ1) is 18.0. The molecule has 2 aliphatic rings. The topological polar surface area (TPSA) is 120 Å². The lowest BCUT2D eigenvalue weighted by Crippen LogP contribution is -2.50. The first-order valence-corrected chi connectivity index (χ1v) is 14.3. The van der Waals surface area contributed by atoms with Crippen LogP contribution in [0.25, 0.3) is 0 Å². The number of amides is 1. The molecule has 10 heteroatoms. The van der Waals surface area contributed by atoms with Crippen molar-refractivity contribution in [2.24, 2.45) is 5.92 Å². The van der Waals surface area contributed by atoms with Crippen molar-refractivity contribution in [2.75, 3.05) is 26.7 Å². The van der Waals surface area contributed by atoms with Crippen LogP contribution in [0.3, 0.4) is 0 Å². The number of carbonyl (C=O) groups excluding carboxylic acids is 1. The zero-order valence-corrected chi connectivity index (χ0v) is 22.8. The van der Waals surface area contributed by atoms with E-state index in [1.54, 1.807) is 55.5 Å². The third-order valence-electron chi connectivity index (χ3n) is 7.27.